The topological polar surface area (TPSA) is 29.5 Å². The Bertz CT molecular complexity index is 774. The molecule has 0 saturated carbocycles. The van der Waals surface area contributed by atoms with E-state index in [1.807, 2.05) is 18.4 Å². The van der Waals surface area contributed by atoms with Crippen LogP contribution in [0.4, 0.5) is 0 Å². The number of ether oxygens (including phenoxy) is 1. The second-order valence-corrected chi connectivity index (χ2v) is 8.19. The molecule has 4 heteroatoms. The third kappa shape index (κ3) is 3.08. The average molecular weight is 356 g/mol. The number of likely N-dealkylation sites (tertiary alicyclic amines) is 1. The van der Waals surface area contributed by atoms with Gasteiger partial charge < -0.3 is 9.64 Å². The first-order valence-electron chi connectivity index (χ1n) is 9.17. The fourth-order valence-electron chi connectivity index (χ4n) is 4.47. The highest BCUT2D eigenvalue weighted by atomic mass is 32.1. The molecule has 3 nitrogen and oxygen atoms in total. The highest BCUT2D eigenvalue weighted by Gasteiger charge is 2.34. The predicted octanol–water partition coefficient (Wildman–Crippen LogP) is 4.65. The number of carbonyl (C=O) groups excluding carboxylic acids is 1. The number of rotatable bonds is 3. The first-order chi connectivity index (χ1) is 12.2. The van der Waals surface area contributed by atoms with Crippen molar-refractivity contribution in [2.75, 3.05) is 20.2 Å². The van der Waals surface area contributed by atoms with Crippen molar-refractivity contribution in [3.05, 3.63) is 51.2 Å². The monoisotopic (exact) mass is 355 g/mol. The van der Waals surface area contributed by atoms with Crippen molar-refractivity contribution in [2.24, 2.45) is 5.92 Å². The molecule has 2 aliphatic rings. The van der Waals surface area contributed by atoms with Gasteiger partial charge in [-0.05, 0) is 84.7 Å². The van der Waals surface area contributed by atoms with Crippen molar-refractivity contribution in [3.63, 3.8) is 0 Å². The molecule has 1 aromatic carbocycles. The number of hydrogen-bond donors (Lipinski definition) is 0. The Labute approximate surface area is 153 Å². The maximum atomic E-state index is 12.7. The molecular weight excluding hydrogens is 330 g/mol. The van der Waals surface area contributed by atoms with Crippen LogP contribution in [0.3, 0.4) is 0 Å². The van der Waals surface area contributed by atoms with E-state index in [2.05, 4.69) is 23.1 Å². The van der Waals surface area contributed by atoms with E-state index in [9.17, 15) is 4.79 Å². The second-order valence-electron chi connectivity index (χ2n) is 7.27. The van der Waals surface area contributed by atoms with Crippen LogP contribution in [0.1, 0.15) is 51.5 Å². The lowest BCUT2D eigenvalue weighted by Crippen LogP contribution is -2.39. The zero-order valence-corrected chi connectivity index (χ0v) is 15.8. The van der Waals surface area contributed by atoms with Crippen molar-refractivity contribution in [2.45, 2.75) is 38.5 Å². The summed E-state index contributed by atoms with van der Waals surface area (Å²) >= 11 is 1.57. The molecule has 1 aliphatic carbocycles. The first kappa shape index (κ1) is 16.6. The van der Waals surface area contributed by atoms with E-state index in [0.717, 1.165) is 42.1 Å². The smallest absolute Gasteiger partial charge is 0.264 e. The second kappa shape index (κ2) is 6.83. The number of carbonyl (C=O) groups is 1. The Morgan fingerprint density at radius 3 is 2.68 bits per heavy atom. The quantitative estimate of drug-likeness (QED) is 0.802. The summed E-state index contributed by atoms with van der Waals surface area (Å²) in [4.78, 5) is 15.7. The summed E-state index contributed by atoms with van der Waals surface area (Å²) in [6.07, 6.45) is 4.64. The number of hydrogen-bond acceptors (Lipinski definition) is 3. The van der Waals surface area contributed by atoms with Crippen molar-refractivity contribution in [3.8, 4) is 5.75 Å². The number of methoxy groups -OCH3 is 1. The van der Waals surface area contributed by atoms with Gasteiger partial charge in [0.2, 0.25) is 0 Å². The zero-order chi connectivity index (χ0) is 17.4. The molecule has 132 valence electrons. The molecule has 0 spiro atoms. The molecular formula is C21H25NO2S. The van der Waals surface area contributed by atoms with Crippen LogP contribution in [0.5, 0.6) is 5.75 Å². The Morgan fingerprint density at radius 2 is 2.00 bits per heavy atom. The number of amides is 1. The van der Waals surface area contributed by atoms with Gasteiger partial charge in [0.25, 0.3) is 5.91 Å². The SMILES string of the molecule is COc1ccc2c(c1)C(C1CCN(C(=O)c3sccc3C)CC1)CC2. The Balaban J connectivity index is 1.44. The lowest BCUT2D eigenvalue weighted by Gasteiger charge is -2.35. The van der Waals surface area contributed by atoms with E-state index in [4.69, 9.17) is 4.74 Å². The van der Waals surface area contributed by atoms with Gasteiger partial charge in [-0.3, -0.25) is 4.79 Å². The number of benzene rings is 1. The molecule has 25 heavy (non-hydrogen) atoms. The number of nitrogens with zero attached hydrogens (tertiary/aromatic N) is 1. The maximum absolute atomic E-state index is 12.7. The van der Waals surface area contributed by atoms with Gasteiger partial charge >= 0.3 is 0 Å². The number of thiophene rings is 1. The fourth-order valence-corrected chi connectivity index (χ4v) is 5.36. The molecule has 1 unspecified atom stereocenters. The molecule has 1 aromatic heterocycles. The number of piperidine rings is 1. The molecule has 0 N–H and O–H groups in total. The highest BCUT2D eigenvalue weighted by molar-refractivity contribution is 7.12. The van der Waals surface area contributed by atoms with Gasteiger partial charge in [0.15, 0.2) is 0 Å². The largest absolute Gasteiger partial charge is 0.497 e. The van der Waals surface area contributed by atoms with Crippen LogP contribution in [-0.2, 0) is 6.42 Å². The molecule has 4 rings (SSSR count). The molecule has 1 fully saturated rings. The number of aryl methyl sites for hydroxylation is 2. The van der Waals surface area contributed by atoms with Gasteiger partial charge in [0.05, 0.1) is 12.0 Å². The summed E-state index contributed by atoms with van der Waals surface area (Å²) in [6.45, 7) is 3.80. The minimum absolute atomic E-state index is 0.222. The van der Waals surface area contributed by atoms with Crippen LogP contribution in [0.2, 0.25) is 0 Å². The number of fused-ring (bicyclic) bond motifs is 1. The lowest BCUT2D eigenvalue weighted by atomic mass is 9.81. The van der Waals surface area contributed by atoms with Crippen molar-refractivity contribution >= 4 is 17.2 Å². The van der Waals surface area contributed by atoms with Crippen LogP contribution >= 0.6 is 11.3 Å². The third-order valence-corrected chi connectivity index (χ3v) is 6.93. The Morgan fingerprint density at radius 1 is 1.20 bits per heavy atom. The van der Waals surface area contributed by atoms with Gasteiger partial charge in [-0.25, -0.2) is 0 Å². The third-order valence-electron chi connectivity index (χ3n) is 5.93. The van der Waals surface area contributed by atoms with Gasteiger partial charge in [0.1, 0.15) is 5.75 Å². The van der Waals surface area contributed by atoms with Crippen LogP contribution in [0.15, 0.2) is 29.6 Å². The minimum Gasteiger partial charge on any atom is -0.497 e. The molecule has 0 bridgehead atoms. The summed E-state index contributed by atoms with van der Waals surface area (Å²) in [5.41, 5.74) is 4.07. The van der Waals surface area contributed by atoms with Crippen molar-refractivity contribution in [1.82, 2.24) is 4.90 Å². The summed E-state index contributed by atoms with van der Waals surface area (Å²) in [7, 11) is 1.74. The van der Waals surface area contributed by atoms with Gasteiger partial charge in [-0.15, -0.1) is 11.3 Å². The average Bonchev–Trinajstić information content (AvgIpc) is 3.26. The van der Waals surface area contributed by atoms with E-state index in [-0.39, 0.29) is 5.91 Å². The van der Waals surface area contributed by atoms with Gasteiger partial charge in [-0.1, -0.05) is 6.07 Å². The normalized spacial score (nSPS) is 20.6. The molecule has 0 radical (unpaired) electrons. The van der Waals surface area contributed by atoms with E-state index in [1.165, 1.54) is 24.0 Å². The van der Waals surface area contributed by atoms with E-state index >= 15 is 0 Å². The Hall–Kier alpha value is -1.81. The molecule has 2 aromatic rings. The summed E-state index contributed by atoms with van der Waals surface area (Å²) in [5.74, 6) is 2.50. The molecule has 1 saturated heterocycles. The van der Waals surface area contributed by atoms with Gasteiger partial charge in [-0.2, -0.15) is 0 Å². The molecule has 1 aliphatic heterocycles. The first-order valence-corrected chi connectivity index (χ1v) is 10.1. The van der Waals surface area contributed by atoms with Crippen LogP contribution in [-0.4, -0.2) is 31.0 Å². The summed E-state index contributed by atoms with van der Waals surface area (Å²) < 4.78 is 5.42. The van der Waals surface area contributed by atoms with Crippen LogP contribution in [0.25, 0.3) is 0 Å². The van der Waals surface area contributed by atoms with E-state index < -0.39 is 0 Å². The van der Waals surface area contributed by atoms with E-state index in [1.54, 1.807) is 18.4 Å². The zero-order valence-electron chi connectivity index (χ0n) is 15.0. The van der Waals surface area contributed by atoms with Crippen LogP contribution < -0.4 is 4.74 Å². The van der Waals surface area contributed by atoms with Gasteiger partial charge in [0, 0.05) is 13.1 Å². The molecule has 1 amide bonds. The highest BCUT2D eigenvalue weighted by Crippen LogP contribution is 2.43. The summed E-state index contributed by atoms with van der Waals surface area (Å²) in [6, 6.07) is 8.57. The Kier molecular flexibility index (Phi) is 4.55. The van der Waals surface area contributed by atoms with Crippen molar-refractivity contribution < 1.29 is 9.53 Å². The van der Waals surface area contributed by atoms with Crippen LogP contribution in [0, 0.1) is 12.8 Å². The standard InChI is InChI=1S/C21H25NO2S/c1-14-9-12-25-20(14)21(23)22-10-7-16(8-11-22)18-6-4-15-3-5-17(24-2)13-19(15)18/h3,5,9,12-13,16,18H,4,6-8,10-11H2,1-2H3. The van der Waals surface area contributed by atoms with Crippen molar-refractivity contribution in [1.29, 1.82) is 0 Å². The maximum Gasteiger partial charge on any atom is 0.264 e. The lowest BCUT2D eigenvalue weighted by molar-refractivity contribution is 0.0682. The minimum atomic E-state index is 0.222. The van der Waals surface area contributed by atoms with E-state index in [0.29, 0.717) is 11.8 Å². The molecule has 1 atom stereocenters. The fraction of sp³-hybridized carbons (Fsp3) is 0.476. The predicted molar refractivity (Wildman–Crippen MR) is 102 cm³/mol. The summed E-state index contributed by atoms with van der Waals surface area (Å²) in [5, 5.41) is 2.01. The molecule has 2 heterocycles.